The number of ether oxygens (including phenoxy) is 1. The summed E-state index contributed by atoms with van der Waals surface area (Å²) in [5.41, 5.74) is -0.112. The molecule has 3 aromatic rings. The number of rotatable bonds is 7. The van der Waals surface area contributed by atoms with E-state index in [0.717, 1.165) is 23.2 Å². The molecule has 0 fully saturated rings. The number of carbonyl (C=O) groups is 2. The zero-order valence-electron chi connectivity index (χ0n) is 17.4. The Morgan fingerprint density at radius 3 is 2.53 bits per heavy atom. The molecule has 7 nitrogen and oxygen atoms in total. The zero-order valence-corrected chi connectivity index (χ0v) is 17.4. The molecule has 0 aliphatic carbocycles. The predicted octanol–water partition coefficient (Wildman–Crippen LogP) is 4.29. The number of benzene rings is 2. The van der Waals surface area contributed by atoms with E-state index in [2.05, 4.69) is 15.7 Å². The fourth-order valence-corrected chi connectivity index (χ4v) is 2.89. The van der Waals surface area contributed by atoms with Gasteiger partial charge in [0.15, 0.2) is 11.4 Å². The van der Waals surface area contributed by atoms with E-state index in [4.69, 9.17) is 4.74 Å². The first-order chi connectivity index (χ1) is 15.2. The number of aromatic nitrogens is 2. The molecule has 0 saturated heterocycles. The van der Waals surface area contributed by atoms with Gasteiger partial charge in [-0.15, -0.1) is 0 Å². The van der Waals surface area contributed by atoms with Crippen LogP contribution in [0.15, 0.2) is 54.7 Å². The van der Waals surface area contributed by atoms with E-state index >= 15 is 0 Å². The zero-order chi connectivity index (χ0) is 23.3. The van der Waals surface area contributed by atoms with Gasteiger partial charge >= 0.3 is 6.18 Å². The van der Waals surface area contributed by atoms with Gasteiger partial charge in [0.05, 0.1) is 24.6 Å². The first-order valence-corrected chi connectivity index (χ1v) is 9.74. The second-order valence-corrected chi connectivity index (χ2v) is 6.83. The van der Waals surface area contributed by atoms with Crippen molar-refractivity contribution in [2.45, 2.75) is 19.5 Å². The third-order valence-corrected chi connectivity index (χ3v) is 4.47. The number of carbonyl (C=O) groups excluding carboxylic acids is 2. The molecule has 10 heteroatoms. The minimum absolute atomic E-state index is 0.0803. The van der Waals surface area contributed by atoms with Crippen molar-refractivity contribution in [2.75, 3.05) is 19.0 Å². The Kier molecular flexibility index (Phi) is 6.82. The van der Waals surface area contributed by atoms with Gasteiger partial charge < -0.3 is 15.4 Å². The van der Waals surface area contributed by atoms with Crippen molar-refractivity contribution in [1.82, 2.24) is 15.1 Å². The van der Waals surface area contributed by atoms with Crippen LogP contribution in [-0.2, 0) is 6.18 Å². The summed E-state index contributed by atoms with van der Waals surface area (Å²) in [6.45, 7) is 2.46. The highest BCUT2D eigenvalue weighted by molar-refractivity contribution is 6.05. The molecule has 32 heavy (non-hydrogen) atoms. The van der Waals surface area contributed by atoms with Crippen molar-refractivity contribution in [2.24, 2.45) is 0 Å². The van der Waals surface area contributed by atoms with Crippen molar-refractivity contribution < 1.29 is 27.5 Å². The lowest BCUT2D eigenvalue weighted by Crippen LogP contribution is -2.24. The largest absolute Gasteiger partial charge is 0.493 e. The minimum Gasteiger partial charge on any atom is -0.493 e. The van der Waals surface area contributed by atoms with Gasteiger partial charge in [0.2, 0.25) is 0 Å². The quantitative estimate of drug-likeness (QED) is 0.567. The van der Waals surface area contributed by atoms with Crippen LogP contribution in [0.25, 0.3) is 5.69 Å². The molecule has 2 N–H and O–H groups in total. The maximum absolute atomic E-state index is 13.0. The molecule has 0 spiro atoms. The fourth-order valence-electron chi connectivity index (χ4n) is 2.89. The minimum atomic E-state index is -4.51. The summed E-state index contributed by atoms with van der Waals surface area (Å²) < 4.78 is 45.4. The van der Waals surface area contributed by atoms with Crippen LogP contribution >= 0.6 is 0 Å². The SMILES string of the molecule is CCCNC(=O)c1cccc(NC(=O)c2nn(-c3cccc(C(F)(F)F)c3)cc2OC)c1. The van der Waals surface area contributed by atoms with Crippen molar-refractivity contribution in [3.63, 3.8) is 0 Å². The number of alkyl halides is 3. The number of hydrogen-bond acceptors (Lipinski definition) is 4. The van der Waals surface area contributed by atoms with Crippen molar-refractivity contribution in [3.05, 3.63) is 71.5 Å². The summed E-state index contributed by atoms with van der Waals surface area (Å²) in [5.74, 6) is -0.829. The molecule has 0 aliphatic heterocycles. The Bertz CT molecular complexity index is 1130. The number of nitrogens with one attached hydrogen (secondary N) is 2. The maximum Gasteiger partial charge on any atom is 0.416 e. The molecular formula is C22H21F3N4O3. The Balaban J connectivity index is 1.84. The van der Waals surface area contributed by atoms with E-state index in [0.29, 0.717) is 17.8 Å². The van der Waals surface area contributed by atoms with Crippen LogP contribution in [0, 0.1) is 0 Å². The normalized spacial score (nSPS) is 11.2. The number of hydrogen-bond donors (Lipinski definition) is 2. The van der Waals surface area contributed by atoms with Crippen LogP contribution in [0.3, 0.4) is 0 Å². The smallest absolute Gasteiger partial charge is 0.416 e. The summed E-state index contributed by atoms with van der Waals surface area (Å²) in [6, 6.07) is 10.9. The highest BCUT2D eigenvalue weighted by Crippen LogP contribution is 2.31. The fraction of sp³-hybridized carbons (Fsp3) is 0.227. The Morgan fingerprint density at radius 2 is 1.84 bits per heavy atom. The molecule has 0 saturated carbocycles. The van der Waals surface area contributed by atoms with E-state index in [1.807, 2.05) is 6.92 Å². The molecule has 1 aromatic heterocycles. The van der Waals surface area contributed by atoms with Crippen LogP contribution in [0.5, 0.6) is 5.75 Å². The van der Waals surface area contributed by atoms with Crippen molar-refractivity contribution >= 4 is 17.5 Å². The van der Waals surface area contributed by atoms with Crippen LogP contribution in [-0.4, -0.2) is 35.2 Å². The second kappa shape index (κ2) is 9.54. The lowest BCUT2D eigenvalue weighted by atomic mass is 10.2. The third-order valence-electron chi connectivity index (χ3n) is 4.47. The molecule has 1 heterocycles. The van der Waals surface area contributed by atoms with E-state index < -0.39 is 17.6 Å². The standard InChI is InChI=1S/C22H21F3N4O3/c1-3-10-26-20(30)14-6-4-8-16(11-14)27-21(31)19-18(32-2)13-29(28-19)17-9-5-7-15(12-17)22(23,24)25/h4-9,11-13H,3,10H2,1-2H3,(H,26,30)(H,27,31). The molecule has 0 unspecified atom stereocenters. The van der Waals surface area contributed by atoms with Crippen LogP contribution in [0.2, 0.25) is 0 Å². The van der Waals surface area contributed by atoms with Gasteiger partial charge in [0.25, 0.3) is 11.8 Å². The summed E-state index contributed by atoms with van der Waals surface area (Å²) in [6.07, 6.45) is -2.41. The first-order valence-electron chi connectivity index (χ1n) is 9.74. The summed E-state index contributed by atoms with van der Waals surface area (Å²) in [5, 5.41) is 9.48. The summed E-state index contributed by atoms with van der Waals surface area (Å²) in [4.78, 5) is 24.9. The molecule has 0 aliphatic rings. The van der Waals surface area contributed by atoms with Gasteiger partial charge in [-0.25, -0.2) is 4.68 Å². The molecule has 2 amide bonds. The number of nitrogens with zero attached hydrogens (tertiary/aromatic N) is 2. The van der Waals surface area contributed by atoms with Gasteiger partial charge in [-0.2, -0.15) is 18.3 Å². The molecule has 0 bridgehead atoms. The van der Waals surface area contributed by atoms with E-state index in [1.54, 1.807) is 18.2 Å². The van der Waals surface area contributed by atoms with E-state index in [1.165, 1.54) is 31.5 Å². The van der Waals surface area contributed by atoms with E-state index in [-0.39, 0.29) is 23.0 Å². The predicted molar refractivity (Wildman–Crippen MR) is 112 cm³/mol. The second-order valence-electron chi connectivity index (χ2n) is 6.83. The van der Waals surface area contributed by atoms with Gasteiger partial charge in [0, 0.05) is 17.8 Å². The van der Waals surface area contributed by atoms with Crippen LogP contribution < -0.4 is 15.4 Å². The monoisotopic (exact) mass is 446 g/mol. The maximum atomic E-state index is 13.0. The van der Waals surface area contributed by atoms with Crippen LogP contribution in [0.4, 0.5) is 18.9 Å². The Hall–Kier alpha value is -3.82. The highest BCUT2D eigenvalue weighted by Gasteiger charge is 2.30. The van der Waals surface area contributed by atoms with E-state index in [9.17, 15) is 22.8 Å². The first kappa shape index (κ1) is 22.9. The third kappa shape index (κ3) is 5.26. The number of methoxy groups -OCH3 is 1. The number of anilines is 1. The Labute approximate surface area is 182 Å². The van der Waals surface area contributed by atoms with Gasteiger partial charge in [-0.1, -0.05) is 19.1 Å². The number of halogens is 3. The molecule has 0 radical (unpaired) electrons. The average Bonchev–Trinajstić information content (AvgIpc) is 3.22. The number of amides is 2. The van der Waals surface area contributed by atoms with Gasteiger partial charge in [-0.3, -0.25) is 9.59 Å². The molecule has 2 aromatic carbocycles. The lowest BCUT2D eigenvalue weighted by Gasteiger charge is -2.08. The van der Waals surface area contributed by atoms with Gasteiger partial charge in [-0.05, 0) is 42.8 Å². The van der Waals surface area contributed by atoms with Crippen molar-refractivity contribution in [1.29, 1.82) is 0 Å². The summed E-state index contributed by atoms with van der Waals surface area (Å²) in [7, 11) is 1.32. The summed E-state index contributed by atoms with van der Waals surface area (Å²) >= 11 is 0. The van der Waals surface area contributed by atoms with Crippen LogP contribution in [0.1, 0.15) is 39.8 Å². The molecule has 168 valence electrons. The highest BCUT2D eigenvalue weighted by atomic mass is 19.4. The Morgan fingerprint density at radius 1 is 1.09 bits per heavy atom. The van der Waals surface area contributed by atoms with Crippen molar-refractivity contribution in [3.8, 4) is 11.4 Å². The molecular weight excluding hydrogens is 425 g/mol. The molecule has 0 atom stereocenters. The molecule has 3 rings (SSSR count). The average molecular weight is 446 g/mol. The lowest BCUT2D eigenvalue weighted by molar-refractivity contribution is -0.137. The van der Waals surface area contributed by atoms with Gasteiger partial charge in [0.1, 0.15) is 0 Å². The topological polar surface area (TPSA) is 85.3 Å².